The van der Waals surface area contributed by atoms with Gasteiger partial charge in [0.25, 0.3) is 0 Å². The molecule has 1 unspecified atom stereocenters. The molecule has 1 saturated heterocycles. The first-order chi connectivity index (χ1) is 9.88. The lowest BCUT2D eigenvalue weighted by Crippen LogP contribution is -2.71. The van der Waals surface area contributed by atoms with Crippen LogP contribution in [0.25, 0.3) is 0 Å². The Morgan fingerprint density at radius 3 is 2.38 bits per heavy atom. The standard InChI is InChI=1S/C14H27NO6/c1-2-3-4-5-6-7-10(17)14(20)13(15)12(19)11(18)9(8-16)21-14/h9,11-13,16,18-20H,2-8,15H2,1H3/t9-,11-,12+,13-,14?/m1/s1. The van der Waals surface area contributed by atoms with E-state index in [1.165, 1.54) is 0 Å². The molecule has 7 nitrogen and oxygen atoms in total. The van der Waals surface area contributed by atoms with E-state index in [1.807, 2.05) is 0 Å². The molecule has 0 aromatic rings. The Hall–Kier alpha value is -0.570. The Balaban J connectivity index is 2.62. The van der Waals surface area contributed by atoms with Gasteiger partial charge >= 0.3 is 0 Å². The summed E-state index contributed by atoms with van der Waals surface area (Å²) in [5, 5.41) is 38.9. The molecular weight excluding hydrogens is 278 g/mol. The molecule has 0 aromatic heterocycles. The summed E-state index contributed by atoms with van der Waals surface area (Å²) in [6, 6.07) is -1.45. The van der Waals surface area contributed by atoms with Gasteiger partial charge in [0.1, 0.15) is 18.3 Å². The highest BCUT2D eigenvalue weighted by atomic mass is 16.7. The van der Waals surface area contributed by atoms with E-state index < -0.39 is 42.5 Å². The third-order valence-corrected chi connectivity index (χ3v) is 3.97. The van der Waals surface area contributed by atoms with E-state index in [9.17, 15) is 20.1 Å². The molecule has 21 heavy (non-hydrogen) atoms. The number of rotatable bonds is 8. The molecular formula is C14H27NO6. The number of nitrogens with two attached hydrogens (primary N) is 1. The van der Waals surface area contributed by atoms with Gasteiger partial charge < -0.3 is 30.9 Å². The minimum Gasteiger partial charge on any atom is -0.394 e. The van der Waals surface area contributed by atoms with Gasteiger partial charge in [0.2, 0.25) is 5.79 Å². The number of carbonyl (C=O) groups is 1. The molecule has 1 aliphatic heterocycles. The van der Waals surface area contributed by atoms with Crippen molar-refractivity contribution in [2.45, 2.75) is 75.6 Å². The van der Waals surface area contributed by atoms with Gasteiger partial charge in [-0.25, -0.2) is 0 Å². The lowest BCUT2D eigenvalue weighted by molar-refractivity contribution is -0.297. The lowest BCUT2D eigenvalue weighted by Gasteiger charge is -2.45. The largest absolute Gasteiger partial charge is 0.394 e. The van der Waals surface area contributed by atoms with Crippen LogP contribution in [0.5, 0.6) is 0 Å². The fourth-order valence-electron chi connectivity index (χ4n) is 2.51. The molecule has 7 heteroatoms. The normalized spacial score (nSPS) is 36.7. The van der Waals surface area contributed by atoms with Crippen LogP contribution in [-0.2, 0) is 9.53 Å². The molecule has 1 rings (SSSR count). The van der Waals surface area contributed by atoms with Crippen molar-refractivity contribution in [3.63, 3.8) is 0 Å². The summed E-state index contributed by atoms with van der Waals surface area (Å²) in [6.45, 7) is 1.46. The van der Waals surface area contributed by atoms with E-state index in [0.29, 0.717) is 6.42 Å². The van der Waals surface area contributed by atoms with Crippen LogP contribution in [0.1, 0.15) is 45.4 Å². The van der Waals surface area contributed by atoms with E-state index in [-0.39, 0.29) is 6.42 Å². The SMILES string of the molecule is CCCCCCCC(=O)C1(O)O[C@H](CO)[C@@H](O)[C@H](O)[C@H]1N. The molecule has 5 atom stereocenters. The average Bonchev–Trinajstić information content (AvgIpc) is 2.48. The number of aliphatic hydroxyl groups is 4. The van der Waals surface area contributed by atoms with Crippen molar-refractivity contribution in [3.05, 3.63) is 0 Å². The lowest BCUT2D eigenvalue weighted by atomic mass is 9.87. The zero-order chi connectivity index (χ0) is 16.0. The molecule has 1 aliphatic rings. The van der Waals surface area contributed by atoms with Crippen LogP contribution in [0.3, 0.4) is 0 Å². The van der Waals surface area contributed by atoms with Gasteiger partial charge in [-0.1, -0.05) is 32.6 Å². The number of Topliss-reactive ketones (excluding diaryl/α,β-unsaturated/α-hetero) is 1. The molecule has 1 heterocycles. The minimum absolute atomic E-state index is 0.0783. The van der Waals surface area contributed by atoms with Crippen molar-refractivity contribution in [1.82, 2.24) is 0 Å². The molecule has 0 aliphatic carbocycles. The number of ketones is 1. The summed E-state index contributed by atoms with van der Waals surface area (Å²) < 4.78 is 5.08. The van der Waals surface area contributed by atoms with Crippen molar-refractivity contribution >= 4 is 5.78 Å². The number of unbranched alkanes of at least 4 members (excludes halogenated alkanes) is 4. The minimum atomic E-state index is -2.36. The van der Waals surface area contributed by atoms with Crippen LogP contribution in [-0.4, -0.2) is 63.0 Å². The van der Waals surface area contributed by atoms with E-state index in [0.717, 1.165) is 25.7 Å². The molecule has 124 valence electrons. The monoisotopic (exact) mass is 305 g/mol. The van der Waals surface area contributed by atoms with Crippen LogP contribution >= 0.6 is 0 Å². The number of ether oxygens (including phenoxy) is 1. The number of carbonyl (C=O) groups excluding carboxylic acids is 1. The third-order valence-electron chi connectivity index (χ3n) is 3.97. The molecule has 0 bridgehead atoms. The van der Waals surface area contributed by atoms with Crippen molar-refractivity contribution in [2.75, 3.05) is 6.61 Å². The number of aliphatic hydroxyl groups excluding tert-OH is 3. The van der Waals surface area contributed by atoms with Gasteiger partial charge in [-0.2, -0.15) is 0 Å². The maximum Gasteiger partial charge on any atom is 0.245 e. The van der Waals surface area contributed by atoms with Crippen LogP contribution < -0.4 is 5.73 Å². The van der Waals surface area contributed by atoms with Gasteiger partial charge in [0.05, 0.1) is 12.6 Å². The molecule has 0 radical (unpaired) electrons. The first-order valence-corrected chi connectivity index (χ1v) is 7.54. The highest BCUT2D eigenvalue weighted by Gasteiger charge is 2.55. The fraction of sp³-hybridized carbons (Fsp3) is 0.929. The van der Waals surface area contributed by atoms with Crippen molar-refractivity contribution in [1.29, 1.82) is 0 Å². The molecule has 0 spiro atoms. The van der Waals surface area contributed by atoms with Crippen molar-refractivity contribution < 1.29 is 30.0 Å². The van der Waals surface area contributed by atoms with Crippen LogP contribution in [0, 0.1) is 0 Å². The summed E-state index contributed by atoms with van der Waals surface area (Å²) in [5.74, 6) is -2.99. The maximum atomic E-state index is 12.1. The molecule has 6 N–H and O–H groups in total. The predicted molar refractivity (Wildman–Crippen MR) is 75.3 cm³/mol. The van der Waals surface area contributed by atoms with Gasteiger partial charge in [-0.3, -0.25) is 4.79 Å². The predicted octanol–water partition coefficient (Wildman–Crippen LogP) is -0.955. The highest BCUT2D eigenvalue weighted by molar-refractivity contribution is 5.86. The summed E-state index contributed by atoms with van der Waals surface area (Å²) in [6.07, 6.45) is 0.505. The first-order valence-electron chi connectivity index (χ1n) is 7.54. The third kappa shape index (κ3) is 4.21. The number of hydrogen-bond acceptors (Lipinski definition) is 7. The van der Waals surface area contributed by atoms with Gasteiger partial charge in [-0.05, 0) is 6.42 Å². The Morgan fingerprint density at radius 2 is 1.81 bits per heavy atom. The van der Waals surface area contributed by atoms with Crippen molar-refractivity contribution in [3.8, 4) is 0 Å². The molecule has 0 aromatic carbocycles. The van der Waals surface area contributed by atoms with Crippen LogP contribution in [0.4, 0.5) is 0 Å². The average molecular weight is 305 g/mol. The Labute approximate surface area is 124 Å². The van der Waals surface area contributed by atoms with Crippen LogP contribution in [0.2, 0.25) is 0 Å². The summed E-state index contributed by atoms with van der Waals surface area (Å²) in [4.78, 5) is 12.1. The Morgan fingerprint density at radius 1 is 1.19 bits per heavy atom. The van der Waals surface area contributed by atoms with E-state index in [2.05, 4.69) is 6.92 Å². The number of hydrogen-bond donors (Lipinski definition) is 5. The molecule has 0 amide bonds. The van der Waals surface area contributed by atoms with Gasteiger partial charge in [-0.15, -0.1) is 0 Å². The smallest absolute Gasteiger partial charge is 0.245 e. The van der Waals surface area contributed by atoms with E-state index in [1.54, 1.807) is 0 Å². The fourth-order valence-corrected chi connectivity index (χ4v) is 2.51. The zero-order valence-corrected chi connectivity index (χ0v) is 12.4. The van der Waals surface area contributed by atoms with Crippen LogP contribution in [0.15, 0.2) is 0 Å². The maximum absolute atomic E-state index is 12.1. The summed E-state index contributed by atoms with van der Waals surface area (Å²) in [7, 11) is 0. The van der Waals surface area contributed by atoms with E-state index in [4.69, 9.17) is 15.6 Å². The second-order valence-electron chi connectivity index (χ2n) is 5.63. The molecule has 0 saturated carbocycles. The second kappa shape index (κ2) is 8.17. The Kier molecular flexibility index (Phi) is 7.19. The highest BCUT2D eigenvalue weighted by Crippen LogP contribution is 2.29. The van der Waals surface area contributed by atoms with Gasteiger partial charge in [0, 0.05) is 6.42 Å². The zero-order valence-electron chi connectivity index (χ0n) is 12.4. The molecule has 1 fully saturated rings. The second-order valence-corrected chi connectivity index (χ2v) is 5.63. The summed E-state index contributed by atoms with van der Waals surface area (Å²) in [5.41, 5.74) is 5.63. The van der Waals surface area contributed by atoms with Crippen molar-refractivity contribution in [2.24, 2.45) is 5.73 Å². The Bertz CT molecular complexity index is 337. The topological polar surface area (TPSA) is 133 Å². The van der Waals surface area contributed by atoms with E-state index >= 15 is 0 Å². The van der Waals surface area contributed by atoms with Gasteiger partial charge in [0.15, 0.2) is 5.78 Å². The first kappa shape index (κ1) is 18.5. The quantitative estimate of drug-likeness (QED) is 0.365. The summed E-state index contributed by atoms with van der Waals surface area (Å²) >= 11 is 0.